The van der Waals surface area contributed by atoms with Crippen LogP contribution in [-0.4, -0.2) is 67.8 Å². The Kier molecular flexibility index (Phi) is 8.96. The summed E-state index contributed by atoms with van der Waals surface area (Å²) in [4.78, 5) is 11.7. The maximum atomic E-state index is 14.4. The minimum atomic E-state index is -8.71. The van der Waals surface area contributed by atoms with E-state index in [4.69, 9.17) is 0 Å². The van der Waals surface area contributed by atoms with E-state index < -0.39 is 77.3 Å². The van der Waals surface area contributed by atoms with E-state index in [1.54, 1.807) is 0 Å². The molecule has 0 saturated carbocycles. The number of benzene rings is 1. The van der Waals surface area contributed by atoms with E-state index in [1.165, 1.54) is 0 Å². The van der Waals surface area contributed by atoms with Crippen molar-refractivity contribution < 1.29 is 88.9 Å². The minimum Gasteiger partial charge on any atom is -0.465 e. The molecule has 3 nitrogen and oxygen atoms in total. The molecule has 0 heterocycles. The third-order valence-corrected chi connectivity index (χ3v) is 5.23. The number of ether oxygens (including phenoxy) is 2. The van der Waals surface area contributed by atoms with Crippen LogP contribution in [0, 0.1) is 0 Å². The molecular formula is C19H13F17O3. The summed E-state index contributed by atoms with van der Waals surface area (Å²) in [6.45, 7) is 0. The Morgan fingerprint density at radius 1 is 0.641 bits per heavy atom. The maximum absolute atomic E-state index is 14.4. The second-order valence-electron chi connectivity index (χ2n) is 7.66. The molecule has 0 aliphatic heterocycles. The van der Waals surface area contributed by atoms with Gasteiger partial charge in [-0.15, -0.1) is 0 Å². The number of esters is 1. The summed E-state index contributed by atoms with van der Waals surface area (Å²) in [5.74, 6) is -58.5. The predicted molar refractivity (Wildman–Crippen MR) is 92.8 cm³/mol. The Morgan fingerprint density at radius 2 is 1.03 bits per heavy atom. The van der Waals surface area contributed by atoms with Gasteiger partial charge in [0.2, 0.25) is 0 Å². The first-order chi connectivity index (χ1) is 17.1. The Labute approximate surface area is 205 Å². The molecule has 1 rings (SSSR count). The molecule has 1 aromatic carbocycles. The molecule has 0 aliphatic rings. The van der Waals surface area contributed by atoms with Crippen LogP contribution in [0.25, 0.3) is 0 Å². The fourth-order valence-electron chi connectivity index (χ4n) is 2.95. The van der Waals surface area contributed by atoms with Crippen molar-refractivity contribution in [3.05, 3.63) is 35.4 Å². The van der Waals surface area contributed by atoms with Crippen molar-refractivity contribution in [3.63, 3.8) is 0 Å². The van der Waals surface area contributed by atoms with E-state index in [-0.39, 0.29) is 0 Å². The van der Waals surface area contributed by atoms with Crippen LogP contribution in [0.4, 0.5) is 74.6 Å². The van der Waals surface area contributed by atoms with E-state index >= 15 is 0 Å². The van der Waals surface area contributed by atoms with E-state index in [1.807, 2.05) is 0 Å². The molecule has 1 aromatic rings. The molecule has 0 fully saturated rings. The van der Waals surface area contributed by atoms with Gasteiger partial charge in [-0.2, -0.15) is 74.6 Å². The Balaban J connectivity index is 3.65. The highest BCUT2D eigenvalue weighted by Gasteiger charge is 2.95. The smallest absolute Gasteiger partial charge is 0.460 e. The van der Waals surface area contributed by atoms with Crippen LogP contribution in [0.15, 0.2) is 24.3 Å². The normalized spacial score (nSPS) is 15.8. The lowest BCUT2D eigenvalue weighted by molar-refractivity contribution is -0.462. The molecule has 20 heteroatoms. The molecule has 0 saturated heterocycles. The van der Waals surface area contributed by atoms with Crippen molar-refractivity contribution >= 4 is 5.97 Å². The van der Waals surface area contributed by atoms with Gasteiger partial charge in [0.25, 0.3) is 0 Å². The SMILES string of the molecule is COC(=O)c1ccccc1C(CC(F)(F)C(F)(F)C(F)(F)C(F)(F)C(F)(F)C(F)(F)C(F)(F)C(F)(F)F)OC. The average Bonchev–Trinajstić information content (AvgIpc) is 2.80. The summed E-state index contributed by atoms with van der Waals surface area (Å²) in [7, 11) is 1.15. The molecule has 1 atom stereocenters. The van der Waals surface area contributed by atoms with Crippen molar-refractivity contribution in [1.29, 1.82) is 0 Å². The van der Waals surface area contributed by atoms with Crippen molar-refractivity contribution in [2.75, 3.05) is 14.2 Å². The summed E-state index contributed by atoms with van der Waals surface area (Å²) in [6, 6.07) is 3.42. The standard InChI is InChI=1S/C19H13F17O3/c1-38-10(8-5-3-4-6-9(8)11(37)39-2)7-12(20,21)13(22,23)14(24,25)15(26,27)16(28,29)17(30,31)18(32,33)19(34,35)36/h3-6,10H,7H2,1-2H3. The number of carbonyl (C=O) groups is 1. The fourth-order valence-corrected chi connectivity index (χ4v) is 2.95. The van der Waals surface area contributed by atoms with Crippen molar-refractivity contribution in [3.8, 4) is 0 Å². The fraction of sp³-hybridized carbons (Fsp3) is 0.632. The van der Waals surface area contributed by atoms with Crippen LogP contribution in [0.2, 0.25) is 0 Å². The number of hydrogen-bond acceptors (Lipinski definition) is 3. The van der Waals surface area contributed by atoms with Crippen LogP contribution in [-0.2, 0) is 9.47 Å². The molecule has 0 aromatic heterocycles. The lowest BCUT2D eigenvalue weighted by Gasteiger charge is -2.43. The number of alkyl halides is 17. The molecular weight excluding hydrogens is 599 g/mol. The highest BCUT2D eigenvalue weighted by Crippen LogP contribution is 2.64. The third-order valence-electron chi connectivity index (χ3n) is 5.23. The van der Waals surface area contributed by atoms with Crippen LogP contribution < -0.4 is 0 Å². The summed E-state index contributed by atoms with van der Waals surface area (Å²) in [5.41, 5.74) is -1.59. The number of halogens is 17. The van der Waals surface area contributed by atoms with Crippen molar-refractivity contribution in [2.24, 2.45) is 0 Å². The monoisotopic (exact) mass is 612 g/mol. The first kappa shape index (κ1) is 34.5. The Morgan fingerprint density at radius 3 is 1.41 bits per heavy atom. The zero-order valence-electron chi connectivity index (χ0n) is 18.7. The van der Waals surface area contributed by atoms with Gasteiger partial charge in [0.15, 0.2) is 0 Å². The number of carbonyl (C=O) groups excluding carboxylic acids is 1. The van der Waals surface area contributed by atoms with Gasteiger partial charge in [-0.05, 0) is 11.6 Å². The van der Waals surface area contributed by atoms with Gasteiger partial charge in [-0.1, -0.05) is 18.2 Å². The first-order valence-electron chi connectivity index (χ1n) is 9.55. The Hall–Kier alpha value is -2.54. The largest absolute Gasteiger partial charge is 0.465 e. The third kappa shape index (κ3) is 5.07. The van der Waals surface area contributed by atoms with Crippen LogP contribution in [0.1, 0.15) is 28.4 Å². The molecule has 0 bridgehead atoms. The van der Waals surface area contributed by atoms with E-state index in [9.17, 15) is 79.4 Å². The first-order valence-corrected chi connectivity index (χ1v) is 9.55. The molecule has 0 N–H and O–H groups in total. The lowest BCUT2D eigenvalue weighted by Crippen LogP contribution is -2.74. The van der Waals surface area contributed by atoms with Gasteiger partial charge < -0.3 is 9.47 Å². The zero-order valence-corrected chi connectivity index (χ0v) is 18.7. The molecule has 0 spiro atoms. The zero-order chi connectivity index (χ0) is 31.3. The van der Waals surface area contributed by atoms with Crippen molar-refractivity contribution in [2.45, 2.75) is 60.2 Å². The molecule has 39 heavy (non-hydrogen) atoms. The quantitative estimate of drug-likeness (QED) is 0.191. The van der Waals surface area contributed by atoms with Gasteiger partial charge in [-0.25, -0.2) is 4.79 Å². The Bertz CT molecular complexity index is 1030. The molecule has 0 radical (unpaired) electrons. The van der Waals surface area contributed by atoms with Gasteiger partial charge in [0.1, 0.15) is 0 Å². The number of rotatable bonds is 11. The highest BCUT2D eigenvalue weighted by atomic mass is 19.4. The highest BCUT2D eigenvalue weighted by molar-refractivity contribution is 5.91. The average molecular weight is 612 g/mol. The van der Waals surface area contributed by atoms with Crippen molar-refractivity contribution in [1.82, 2.24) is 0 Å². The number of hydrogen-bond donors (Lipinski definition) is 0. The van der Waals surface area contributed by atoms with E-state index in [2.05, 4.69) is 9.47 Å². The topological polar surface area (TPSA) is 35.5 Å². The predicted octanol–water partition coefficient (Wildman–Crippen LogP) is 7.56. The molecule has 1 unspecified atom stereocenters. The second kappa shape index (κ2) is 10.1. The second-order valence-corrected chi connectivity index (χ2v) is 7.66. The van der Waals surface area contributed by atoms with E-state index in [0.29, 0.717) is 13.2 Å². The van der Waals surface area contributed by atoms with Crippen LogP contribution in [0.5, 0.6) is 0 Å². The maximum Gasteiger partial charge on any atom is 0.460 e. The van der Waals surface area contributed by atoms with Gasteiger partial charge >= 0.3 is 53.6 Å². The summed E-state index contributed by atoms with van der Waals surface area (Å²) < 4.78 is 237. The van der Waals surface area contributed by atoms with E-state index in [0.717, 1.165) is 25.3 Å². The van der Waals surface area contributed by atoms with Crippen LogP contribution in [0.3, 0.4) is 0 Å². The lowest BCUT2D eigenvalue weighted by atomic mass is 9.86. The van der Waals surface area contributed by atoms with Gasteiger partial charge in [-0.3, -0.25) is 0 Å². The minimum absolute atomic E-state index is 0.424. The summed E-state index contributed by atoms with van der Waals surface area (Å²) in [6.07, 6.45) is -13.3. The number of methoxy groups -OCH3 is 2. The van der Waals surface area contributed by atoms with Crippen LogP contribution >= 0.6 is 0 Å². The summed E-state index contributed by atoms with van der Waals surface area (Å²) >= 11 is 0. The molecule has 0 aliphatic carbocycles. The van der Waals surface area contributed by atoms with Gasteiger partial charge in [0.05, 0.1) is 18.8 Å². The molecule has 0 amide bonds. The molecule has 226 valence electrons. The summed E-state index contributed by atoms with van der Waals surface area (Å²) in [5, 5.41) is 0. The van der Waals surface area contributed by atoms with Gasteiger partial charge in [0, 0.05) is 13.5 Å².